The van der Waals surface area contributed by atoms with Crippen LogP contribution in [0.4, 0.5) is 32.0 Å². The highest BCUT2D eigenvalue weighted by Crippen LogP contribution is 2.34. The summed E-state index contributed by atoms with van der Waals surface area (Å²) in [5, 5.41) is 1.49. The van der Waals surface area contributed by atoms with E-state index < -0.39 is 46.0 Å². The van der Waals surface area contributed by atoms with Crippen LogP contribution in [0.2, 0.25) is 5.02 Å². The van der Waals surface area contributed by atoms with E-state index in [2.05, 4.69) is 10.3 Å². The number of aromatic amines is 1. The minimum atomic E-state index is -4.85. The number of anilines is 1. The number of H-pyrrole nitrogens is 1. The zero-order valence-electron chi connectivity index (χ0n) is 12.8. The van der Waals surface area contributed by atoms with Gasteiger partial charge in [-0.3, -0.25) is 9.59 Å². The van der Waals surface area contributed by atoms with Crippen molar-refractivity contribution in [3.05, 3.63) is 50.9 Å². The van der Waals surface area contributed by atoms with E-state index in [9.17, 15) is 35.9 Å². The molecule has 146 valence electrons. The second kappa shape index (κ2) is 7.80. The first-order valence-electron chi connectivity index (χ1n) is 6.84. The highest BCUT2D eigenvalue weighted by atomic mass is 35.5. The molecule has 0 aliphatic heterocycles. The minimum absolute atomic E-state index is 0.160. The number of carbonyl (C=O) groups is 1. The Balaban J connectivity index is 2.10. The fourth-order valence-corrected chi connectivity index (χ4v) is 2.61. The van der Waals surface area contributed by atoms with Crippen molar-refractivity contribution in [3.8, 4) is 0 Å². The maximum Gasteiger partial charge on any atom is 0.433 e. The monoisotopic (exact) mass is 431 g/mol. The molecule has 0 spiro atoms. The Morgan fingerprint density at radius 2 is 1.81 bits per heavy atom. The second-order valence-corrected chi connectivity index (χ2v) is 6.33. The number of rotatable bonds is 4. The number of amides is 1. The number of hydrogen-bond acceptors (Lipinski definition) is 4. The first kappa shape index (κ1) is 21.1. The zero-order valence-corrected chi connectivity index (χ0v) is 14.4. The molecule has 0 saturated heterocycles. The van der Waals surface area contributed by atoms with Crippen molar-refractivity contribution < 1.29 is 31.1 Å². The molecular formula is C14H8ClF6N3O2S. The van der Waals surface area contributed by atoms with Gasteiger partial charge in [0.05, 0.1) is 22.0 Å². The lowest BCUT2D eigenvalue weighted by atomic mass is 10.2. The third kappa shape index (κ3) is 5.89. The molecule has 0 bridgehead atoms. The number of aromatic nitrogens is 2. The fraction of sp³-hybridized carbons (Fsp3) is 0.214. The highest BCUT2D eigenvalue weighted by molar-refractivity contribution is 7.99. The molecule has 1 aromatic carbocycles. The molecule has 0 aliphatic rings. The van der Waals surface area contributed by atoms with Crippen LogP contribution in [0.1, 0.15) is 11.3 Å². The summed E-state index contributed by atoms with van der Waals surface area (Å²) in [4.78, 5) is 28.3. The molecule has 0 aliphatic carbocycles. The van der Waals surface area contributed by atoms with Gasteiger partial charge in [-0.2, -0.15) is 26.3 Å². The number of hydrogen-bond donors (Lipinski definition) is 2. The fourth-order valence-electron chi connectivity index (χ4n) is 1.77. The van der Waals surface area contributed by atoms with Gasteiger partial charge in [-0.05, 0) is 18.2 Å². The molecule has 13 heteroatoms. The Morgan fingerprint density at radius 3 is 2.41 bits per heavy atom. The Hall–Kier alpha value is -2.21. The third-order valence-electron chi connectivity index (χ3n) is 2.92. The summed E-state index contributed by atoms with van der Waals surface area (Å²) < 4.78 is 75.9. The van der Waals surface area contributed by atoms with Gasteiger partial charge in [-0.15, -0.1) is 0 Å². The maximum atomic E-state index is 12.7. The van der Waals surface area contributed by atoms with Gasteiger partial charge in [-0.25, -0.2) is 4.98 Å². The predicted molar refractivity (Wildman–Crippen MR) is 85.7 cm³/mol. The highest BCUT2D eigenvalue weighted by Gasteiger charge is 2.33. The van der Waals surface area contributed by atoms with Gasteiger partial charge in [-0.1, -0.05) is 23.4 Å². The topological polar surface area (TPSA) is 74.8 Å². The number of halogens is 7. The van der Waals surface area contributed by atoms with Crippen LogP contribution in [0, 0.1) is 0 Å². The van der Waals surface area contributed by atoms with E-state index in [1.54, 1.807) is 0 Å². The third-order valence-corrected chi connectivity index (χ3v) is 4.12. The lowest BCUT2D eigenvalue weighted by Gasteiger charge is -2.11. The van der Waals surface area contributed by atoms with Crippen molar-refractivity contribution in [3.63, 3.8) is 0 Å². The number of alkyl halides is 6. The largest absolute Gasteiger partial charge is 0.433 e. The molecular weight excluding hydrogens is 424 g/mol. The summed E-state index contributed by atoms with van der Waals surface area (Å²) in [6, 6.07) is 2.55. The minimum Gasteiger partial charge on any atom is -0.324 e. The van der Waals surface area contributed by atoms with Gasteiger partial charge in [0.1, 0.15) is 0 Å². The van der Waals surface area contributed by atoms with Crippen molar-refractivity contribution in [2.45, 2.75) is 17.5 Å². The van der Waals surface area contributed by atoms with E-state index in [1.165, 1.54) is 0 Å². The number of thioether (sulfide) groups is 1. The van der Waals surface area contributed by atoms with E-state index in [-0.39, 0.29) is 16.8 Å². The van der Waals surface area contributed by atoms with E-state index in [1.807, 2.05) is 4.98 Å². The lowest BCUT2D eigenvalue weighted by molar-refractivity contribution is -0.141. The van der Waals surface area contributed by atoms with Crippen molar-refractivity contribution in [2.24, 2.45) is 0 Å². The van der Waals surface area contributed by atoms with Crippen LogP contribution in [-0.4, -0.2) is 21.6 Å². The van der Waals surface area contributed by atoms with Gasteiger partial charge in [0.2, 0.25) is 5.91 Å². The van der Waals surface area contributed by atoms with Crippen LogP contribution in [-0.2, 0) is 17.1 Å². The maximum absolute atomic E-state index is 12.7. The van der Waals surface area contributed by atoms with Crippen molar-refractivity contribution in [1.29, 1.82) is 0 Å². The summed E-state index contributed by atoms with van der Waals surface area (Å²) in [6.45, 7) is 0. The molecule has 1 heterocycles. The van der Waals surface area contributed by atoms with Crippen LogP contribution in [0.25, 0.3) is 0 Å². The van der Waals surface area contributed by atoms with Crippen LogP contribution >= 0.6 is 23.4 Å². The Kier molecular flexibility index (Phi) is 6.10. The quantitative estimate of drug-likeness (QED) is 0.432. The average molecular weight is 432 g/mol. The first-order chi connectivity index (χ1) is 12.4. The summed E-state index contributed by atoms with van der Waals surface area (Å²) in [7, 11) is 0. The molecule has 2 N–H and O–H groups in total. The van der Waals surface area contributed by atoms with Gasteiger partial charge in [0.25, 0.3) is 5.56 Å². The van der Waals surface area contributed by atoms with Crippen LogP contribution in [0.3, 0.4) is 0 Å². The standard InChI is InChI=1S/C14H8ClF6N3O2S/c15-7-2-1-6(13(16,17)18)3-8(7)22-11(26)5-27-12-23-9(14(19,20)21)4-10(25)24-12/h1-4H,5H2,(H,22,26)(H,23,24,25). The molecule has 0 atom stereocenters. The van der Waals surface area contributed by atoms with Gasteiger partial charge >= 0.3 is 12.4 Å². The van der Waals surface area contributed by atoms with Crippen LogP contribution in [0.15, 0.2) is 34.2 Å². The van der Waals surface area contributed by atoms with E-state index in [4.69, 9.17) is 11.6 Å². The smallest absolute Gasteiger partial charge is 0.324 e. The van der Waals surface area contributed by atoms with Gasteiger partial charge in [0.15, 0.2) is 10.9 Å². The zero-order chi connectivity index (χ0) is 20.4. The molecule has 1 aromatic heterocycles. The number of nitrogens with one attached hydrogen (secondary N) is 2. The van der Waals surface area contributed by atoms with E-state index >= 15 is 0 Å². The number of nitrogens with zero attached hydrogens (tertiary/aromatic N) is 1. The Bertz CT molecular complexity index is 913. The summed E-state index contributed by atoms with van der Waals surface area (Å²) >= 11 is 6.19. The Labute approximate surface area is 156 Å². The van der Waals surface area contributed by atoms with Crippen LogP contribution in [0.5, 0.6) is 0 Å². The van der Waals surface area contributed by atoms with Crippen molar-refractivity contribution in [1.82, 2.24) is 9.97 Å². The molecule has 0 unspecified atom stereocenters. The van der Waals surface area contributed by atoms with Crippen molar-refractivity contribution in [2.75, 3.05) is 11.1 Å². The van der Waals surface area contributed by atoms with Crippen molar-refractivity contribution >= 4 is 35.0 Å². The molecule has 2 aromatic rings. The molecule has 0 saturated carbocycles. The molecule has 0 fully saturated rings. The number of carbonyl (C=O) groups excluding carboxylic acids is 1. The second-order valence-electron chi connectivity index (χ2n) is 4.96. The molecule has 5 nitrogen and oxygen atoms in total. The lowest BCUT2D eigenvalue weighted by Crippen LogP contribution is -2.19. The Morgan fingerprint density at radius 1 is 1.15 bits per heavy atom. The van der Waals surface area contributed by atoms with E-state index in [0.717, 1.165) is 12.1 Å². The van der Waals surface area contributed by atoms with Gasteiger partial charge in [0, 0.05) is 6.07 Å². The van der Waals surface area contributed by atoms with E-state index in [0.29, 0.717) is 17.8 Å². The molecule has 27 heavy (non-hydrogen) atoms. The molecule has 2 rings (SSSR count). The summed E-state index contributed by atoms with van der Waals surface area (Å²) in [5.74, 6) is -1.39. The average Bonchev–Trinajstić information content (AvgIpc) is 2.52. The first-order valence-corrected chi connectivity index (χ1v) is 8.20. The predicted octanol–water partition coefficient (Wildman–Crippen LogP) is 4.19. The molecule has 0 radical (unpaired) electrons. The summed E-state index contributed by atoms with van der Waals surface area (Å²) in [6.07, 6.45) is -9.50. The molecule has 1 amide bonds. The van der Waals surface area contributed by atoms with Crippen LogP contribution < -0.4 is 10.9 Å². The van der Waals surface area contributed by atoms with Gasteiger partial charge < -0.3 is 10.3 Å². The summed E-state index contributed by atoms with van der Waals surface area (Å²) in [5.41, 5.74) is -3.86. The normalized spacial score (nSPS) is 12.1. The SMILES string of the molecule is O=C(CSc1nc(C(F)(F)F)cc(=O)[nH]1)Nc1cc(C(F)(F)F)ccc1Cl. The number of benzene rings is 1.